The summed E-state index contributed by atoms with van der Waals surface area (Å²) in [6.45, 7) is 5.07. The van der Waals surface area contributed by atoms with Crippen LogP contribution in [0.4, 0.5) is 0 Å². The second kappa shape index (κ2) is 6.10. The molecule has 1 aromatic carbocycles. The van der Waals surface area contributed by atoms with Gasteiger partial charge in [-0.05, 0) is 26.0 Å². The fourth-order valence-corrected chi connectivity index (χ4v) is 1.51. The molecule has 0 atom stereocenters. The number of aryl methyl sites for hydroxylation is 1. The van der Waals surface area contributed by atoms with Crippen LogP contribution in [-0.2, 0) is 6.42 Å². The number of aromatic nitrogens is 1. The summed E-state index contributed by atoms with van der Waals surface area (Å²) >= 11 is 0. The van der Waals surface area contributed by atoms with Gasteiger partial charge in [-0.2, -0.15) is 0 Å². The van der Waals surface area contributed by atoms with Gasteiger partial charge in [0.25, 0.3) is 0 Å². The molecule has 0 spiro atoms. The van der Waals surface area contributed by atoms with Crippen molar-refractivity contribution in [3.63, 3.8) is 0 Å². The zero-order valence-corrected chi connectivity index (χ0v) is 10.7. The van der Waals surface area contributed by atoms with Gasteiger partial charge in [-0.1, -0.05) is 17.7 Å². The topological polar surface area (TPSA) is 44.5 Å². The van der Waals surface area contributed by atoms with Crippen molar-refractivity contribution in [2.75, 3.05) is 13.2 Å². The van der Waals surface area contributed by atoms with Gasteiger partial charge in [0.2, 0.25) is 5.89 Å². The molecule has 0 aliphatic heterocycles. The molecule has 0 radical (unpaired) electrons. The molecule has 0 amide bonds. The fraction of sp³-hybridized carbons (Fsp3) is 0.357. The summed E-state index contributed by atoms with van der Waals surface area (Å²) < 4.78 is 16.2. The first-order chi connectivity index (χ1) is 8.78. The quantitative estimate of drug-likeness (QED) is 0.787. The van der Waals surface area contributed by atoms with Crippen LogP contribution >= 0.6 is 0 Å². The van der Waals surface area contributed by atoms with E-state index >= 15 is 0 Å². The summed E-state index contributed by atoms with van der Waals surface area (Å²) in [4.78, 5) is 4.11. The highest BCUT2D eigenvalue weighted by atomic mass is 16.6. The molecule has 0 fully saturated rings. The van der Waals surface area contributed by atoms with Gasteiger partial charge in [-0.25, -0.2) is 4.98 Å². The number of oxazole rings is 1. The molecule has 0 bridgehead atoms. The van der Waals surface area contributed by atoms with Crippen molar-refractivity contribution < 1.29 is 13.9 Å². The number of rotatable bonds is 6. The molecule has 0 unspecified atom stereocenters. The Morgan fingerprint density at radius 1 is 1.17 bits per heavy atom. The van der Waals surface area contributed by atoms with Crippen LogP contribution in [0.15, 0.2) is 34.9 Å². The predicted molar refractivity (Wildman–Crippen MR) is 68.1 cm³/mol. The molecule has 1 heterocycles. The average molecular weight is 247 g/mol. The Hall–Kier alpha value is -1.97. The summed E-state index contributed by atoms with van der Waals surface area (Å²) in [5.74, 6) is 1.95. The highest BCUT2D eigenvalue weighted by molar-refractivity contribution is 5.26. The molecular formula is C14H17NO3. The van der Waals surface area contributed by atoms with Crippen LogP contribution in [0.2, 0.25) is 0 Å². The van der Waals surface area contributed by atoms with E-state index < -0.39 is 0 Å². The molecule has 0 saturated carbocycles. The Kier molecular flexibility index (Phi) is 4.23. The first-order valence-corrected chi connectivity index (χ1v) is 6.05. The van der Waals surface area contributed by atoms with E-state index in [1.807, 2.05) is 38.1 Å². The summed E-state index contributed by atoms with van der Waals surface area (Å²) in [5.41, 5.74) is 1.22. The average Bonchev–Trinajstić information content (AvgIpc) is 2.80. The van der Waals surface area contributed by atoms with Crippen LogP contribution in [0.1, 0.15) is 18.4 Å². The molecule has 4 heteroatoms. The Balaban J connectivity index is 1.79. The van der Waals surface area contributed by atoms with Crippen molar-refractivity contribution in [1.29, 1.82) is 0 Å². The maximum Gasteiger partial charge on any atom is 0.305 e. The van der Waals surface area contributed by atoms with Crippen molar-refractivity contribution in [3.8, 4) is 11.7 Å². The normalized spacial score (nSPS) is 10.3. The Bertz CT molecular complexity index is 476. The van der Waals surface area contributed by atoms with Gasteiger partial charge < -0.3 is 13.9 Å². The van der Waals surface area contributed by atoms with E-state index in [1.54, 1.807) is 6.20 Å². The van der Waals surface area contributed by atoms with Crippen molar-refractivity contribution in [1.82, 2.24) is 4.98 Å². The lowest BCUT2D eigenvalue weighted by atomic mass is 10.2. The zero-order chi connectivity index (χ0) is 12.8. The molecule has 18 heavy (non-hydrogen) atoms. The predicted octanol–water partition coefficient (Wildman–Crippen LogP) is 3.00. The van der Waals surface area contributed by atoms with Gasteiger partial charge in [0.1, 0.15) is 11.9 Å². The number of nitrogens with zero attached hydrogens (tertiary/aromatic N) is 1. The molecule has 4 nitrogen and oxygen atoms in total. The summed E-state index contributed by atoms with van der Waals surface area (Å²) in [6.07, 6.45) is 2.21. The zero-order valence-electron chi connectivity index (χ0n) is 10.7. The number of ether oxygens (including phenoxy) is 2. The van der Waals surface area contributed by atoms with Crippen LogP contribution < -0.4 is 9.47 Å². The van der Waals surface area contributed by atoms with Gasteiger partial charge in [-0.15, -0.1) is 0 Å². The van der Waals surface area contributed by atoms with Crippen LogP contribution in [0.3, 0.4) is 0 Å². The third-order valence-corrected chi connectivity index (χ3v) is 2.42. The number of hydrogen-bond acceptors (Lipinski definition) is 4. The molecule has 0 aliphatic rings. The molecule has 2 aromatic rings. The first-order valence-electron chi connectivity index (χ1n) is 6.05. The SMILES string of the molecule is CCOc1cnc(CCOc2ccc(C)cc2)o1. The van der Waals surface area contributed by atoms with Gasteiger partial charge in [0.05, 0.1) is 19.6 Å². The van der Waals surface area contributed by atoms with Crippen molar-refractivity contribution in [2.45, 2.75) is 20.3 Å². The van der Waals surface area contributed by atoms with E-state index in [2.05, 4.69) is 4.98 Å². The van der Waals surface area contributed by atoms with E-state index in [1.165, 1.54) is 5.56 Å². The number of benzene rings is 1. The minimum absolute atomic E-state index is 0.461. The molecule has 0 N–H and O–H groups in total. The second-order valence-electron chi connectivity index (χ2n) is 3.92. The largest absolute Gasteiger partial charge is 0.493 e. The minimum atomic E-state index is 0.461. The molecular weight excluding hydrogens is 230 g/mol. The Morgan fingerprint density at radius 2 is 1.94 bits per heavy atom. The molecule has 0 aliphatic carbocycles. The molecule has 1 aromatic heterocycles. The lowest BCUT2D eigenvalue weighted by Gasteiger charge is -2.04. The van der Waals surface area contributed by atoms with Crippen LogP contribution in [0, 0.1) is 6.92 Å². The maximum absolute atomic E-state index is 5.59. The smallest absolute Gasteiger partial charge is 0.305 e. The number of hydrogen-bond donors (Lipinski definition) is 0. The Labute approximate surface area is 107 Å². The van der Waals surface area contributed by atoms with E-state index in [4.69, 9.17) is 13.9 Å². The first kappa shape index (κ1) is 12.5. The van der Waals surface area contributed by atoms with Gasteiger partial charge in [0, 0.05) is 0 Å². The van der Waals surface area contributed by atoms with E-state index in [9.17, 15) is 0 Å². The second-order valence-corrected chi connectivity index (χ2v) is 3.92. The van der Waals surface area contributed by atoms with Gasteiger partial charge in [0.15, 0.2) is 0 Å². The van der Waals surface area contributed by atoms with Crippen molar-refractivity contribution >= 4 is 0 Å². The monoisotopic (exact) mass is 247 g/mol. The molecule has 96 valence electrons. The Morgan fingerprint density at radius 3 is 2.67 bits per heavy atom. The van der Waals surface area contributed by atoms with E-state index in [0.29, 0.717) is 31.5 Å². The molecule has 0 saturated heterocycles. The lowest BCUT2D eigenvalue weighted by molar-refractivity contribution is 0.242. The summed E-state index contributed by atoms with van der Waals surface area (Å²) in [7, 11) is 0. The van der Waals surface area contributed by atoms with Crippen LogP contribution in [-0.4, -0.2) is 18.2 Å². The highest BCUT2D eigenvalue weighted by Crippen LogP contribution is 2.14. The fourth-order valence-electron chi connectivity index (χ4n) is 1.51. The third kappa shape index (κ3) is 3.52. The van der Waals surface area contributed by atoms with E-state index in [0.717, 1.165) is 5.75 Å². The van der Waals surface area contributed by atoms with Crippen LogP contribution in [0.25, 0.3) is 0 Å². The maximum atomic E-state index is 5.59. The van der Waals surface area contributed by atoms with Crippen molar-refractivity contribution in [3.05, 3.63) is 41.9 Å². The standard InChI is InChI=1S/C14H17NO3/c1-3-16-14-10-15-13(18-14)8-9-17-12-6-4-11(2)5-7-12/h4-7,10H,3,8-9H2,1-2H3. The lowest BCUT2D eigenvalue weighted by Crippen LogP contribution is -2.01. The van der Waals surface area contributed by atoms with Gasteiger partial charge >= 0.3 is 5.95 Å². The van der Waals surface area contributed by atoms with E-state index in [-0.39, 0.29) is 0 Å². The summed E-state index contributed by atoms with van der Waals surface area (Å²) in [6, 6.07) is 7.95. The van der Waals surface area contributed by atoms with Crippen molar-refractivity contribution in [2.24, 2.45) is 0 Å². The third-order valence-electron chi connectivity index (χ3n) is 2.42. The minimum Gasteiger partial charge on any atom is -0.493 e. The summed E-state index contributed by atoms with van der Waals surface area (Å²) in [5, 5.41) is 0. The van der Waals surface area contributed by atoms with Crippen LogP contribution in [0.5, 0.6) is 11.7 Å². The highest BCUT2D eigenvalue weighted by Gasteiger charge is 2.04. The van der Waals surface area contributed by atoms with Gasteiger partial charge in [-0.3, -0.25) is 0 Å². The molecule has 2 rings (SSSR count).